The van der Waals surface area contributed by atoms with E-state index in [4.69, 9.17) is 28.4 Å². The molecule has 6 nitrogen and oxygen atoms in total. The number of hydrogen-bond acceptors (Lipinski definition) is 6. The predicted molar refractivity (Wildman–Crippen MR) is 552 cm³/mol. The van der Waals surface area contributed by atoms with Gasteiger partial charge >= 0.3 is 0 Å². The van der Waals surface area contributed by atoms with Gasteiger partial charge < -0.3 is 28.4 Å². The predicted octanol–water partition coefficient (Wildman–Crippen LogP) is 41.2. The average Bonchev–Trinajstić information content (AvgIpc) is 0.816. The van der Waals surface area contributed by atoms with E-state index < -0.39 is 0 Å². The molecule has 0 atom stereocenters. The van der Waals surface area contributed by atoms with E-state index in [1.165, 1.54) is 501 Å². The van der Waals surface area contributed by atoms with Crippen LogP contribution in [0.25, 0.3) is 24.3 Å². The molecule has 0 spiro atoms. The lowest BCUT2D eigenvalue weighted by atomic mass is 10.0. The molecule has 0 heterocycles. The SMILES string of the molecule is CCCCCCCCCCCCCCCCOc1ccc(OCCCCCCCCCCCCCCCC)c(/C=C/c2cc(OCCCCCCCCCCCCCCCC)c(/C=C/c3cc(OCCCCCCCCCCCCCCCC)ccc3OCCCCCCCCCCCCCCCC)cc2OCCCCCCCCCCCCCCCC)c1. The molecule has 0 N–H and O–H groups in total. The fourth-order valence-electron chi connectivity index (χ4n) is 18.1. The summed E-state index contributed by atoms with van der Waals surface area (Å²) < 4.78 is 41.2. The van der Waals surface area contributed by atoms with Crippen molar-refractivity contribution in [3.63, 3.8) is 0 Å². The summed E-state index contributed by atoms with van der Waals surface area (Å²) in [4.78, 5) is 0. The summed E-state index contributed by atoms with van der Waals surface area (Å²) in [5, 5.41) is 0. The highest BCUT2D eigenvalue weighted by Crippen LogP contribution is 2.37. The summed E-state index contributed by atoms with van der Waals surface area (Å²) >= 11 is 0. The number of benzene rings is 3. The van der Waals surface area contributed by atoms with Crippen LogP contribution in [0, 0.1) is 0 Å². The summed E-state index contributed by atoms with van der Waals surface area (Å²) in [5.74, 6) is 5.45. The monoisotopic (exact) mass is 1720 g/mol. The molecule has 124 heavy (non-hydrogen) atoms. The van der Waals surface area contributed by atoms with Crippen LogP contribution < -0.4 is 28.4 Å². The standard InChI is InChI=1S/C118H210O6/c1-7-13-19-25-31-37-43-49-55-61-67-73-79-85-99-119-113-95-97-115(121-101-87-81-75-69-63-57-51-45-39-33-27-21-15-9-3)109(105-113)91-93-111-107-118(124-104-90-84-78-72-66-60-54-48-42-36-30-24-18-12-6)112(108-117(111)123-103-89-83-77-71-65-59-53-47-41-35-29-23-17-11-5)94-92-110-106-114(120-100-86-80-74-68-62-56-50-44-38-32-26-20-14-8-2)96-98-116(110)122-102-88-82-76-70-64-58-52-46-40-34-28-22-16-10-4/h91-98,105-108H,7-90,99-104H2,1-6H3/b93-91+,94-92+. The Morgan fingerprint density at radius 2 is 0.266 bits per heavy atom. The largest absolute Gasteiger partial charge is 0.494 e. The Morgan fingerprint density at radius 3 is 0.427 bits per heavy atom. The quantitative estimate of drug-likeness (QED) is 0.0415. The first-order chi connectivity index (χ1) is 61.6. The van der Waals surface area contributed by atoms with Gasteiger partial charge in [-0.1, -0.05) is 567 Å². The molecule has 0 saturated carbocycles. The third kappa shape index (κ3) is 71.7. The van der Waals surface area contributed by atoms with Crippen molar-refractivity contribution in [1.82, 2.24) is 0 Å². The van der Waals surface area contributed by atoms with Crippen LogP contribution in [-0.2, 0) is 0 Å². The molecule has 3 rings (SSSR count). The summed E-state index contributed by atoms with van der Waals surface area (Å²) in [6.07, 6.45) is 122. The molecule has 3 aromatic rings. The van der Waals surface area contributed by atoms with E-state index in [9.17, 15) is 0 Å². The van der Waals surface area contributed by atoms with E-state index in [2.05, 4.69) is 114 Å². The number of ether oxygens (including phenoxy) is 6. The lowest BCUT2D eigenvalue weighted by Crippen LogP contribution is -2.03. The molecule has 0 aliphatic rings. The van der Waals surface area contributed by atoms with Crippen LogP contribution in [0.1, 0.15) is 603 Å². The molecule has 0 radical (unpaired) electrons. The Labute approximate surface area is 773 Å². The Bertz CT molecular complexity index is 2540. The molecule has 718 valence electrons. The maximum Gasteiger partial charge on any atom is 0.127 e. The molecular weight excluding hydrogens is 1510 g/mol. The van der Waals surface area contributed by atoms with Gasteiger partial charge in [0.1, 0.15) is 34.5 Å². The number of unbranched alkanes of at least 4 members (excludes halogenated alkanes) is 78. The molecule has 0 aliphatic heterocycles. The molecule has 0 amide bonds. The summed E-state index contributed by atoms with van der Waals surface area (Å²) in [7, 11) is 0. The van der Waals surface area contributed by atoms with Crippen molar-refractivity contribution in [2.24, 2.45) is 0 Å². The van der Waals surface area contributed by atoms with Crippen LogP contribution in [0.3, 0.4) is 0 Å². The van der Waals surface area contributed by atoms with Gasteiger partial charge in [-0.15, -0.1) is 0 Å². The molecule has 0 fully saturated rings. The summed E-state index contributed by atoms with van der Waals surface area (Å²) in [6, 6.07) is 17.7. The van der Waals surface area contributed by atoms with Crippen molar-refractivity contribution in [3.05, 3.63) is 70.8 Å². The number of rotatable bonds is 100. The minimum atomic E-state index is 0.674. The molecule has 0 unspecified atom stereocenters. The zero-order valence-electron chi connectivity index (χ0n) is 84.0. The zero-order valence-corrected chi connectivity index (χ0v) is 84.0. The van der Waals surface area contributed by atoms with Crippen molar-refractivity contribution in [3.8, 4) is 34.5 Å². The first kappa shape index (κ1) is 114. The van der Waals surface area contributed by atoms with Gasteiger partial charge in [0.15, 0.2) is 0 Å². The van der Waals surface area contributed by atoms with Crippen molar-refractivity contribution in [1.29, 1.82) is 0 Å². The molecule has 0 bridgehead atoms. The van der Waals surface area contributed by atoms with E-state index in [-0.39, 0.29) is 0 Å². The van der Waals surface area contributed by atoms with Crippen LogP contribution in [-0.4, -0.2) is 39.6 Å². The Kier molecular flexibility index (Phi) is 84.9. The van der Waals surface area contributed by atoms with Crippen molar-refractivity contribution in [2.75, 3.05) is 39.6 Å². The first-order valence-electron chi connectivity index (χ1n) is 56.2. The molecular formula is C118H210O6. The van der Waals surface area contributed by atoms with Crippen LogP contribution in [0.4, 0.5) is 0 Å². The van der Waals surface area contributed by atoms with Gasteiger partial charge in [-0.3, -0.25) is 0 Å². The highest BCUT2D eigenvalue weighted by molar-refractivity contribution is 5.81. The fraction of sp³-hybridized carbons (Fsp3) is 0.814. The van der Waals surface area contributed by atoms with Crippen molar-refractivity contribution in [2.45, 2.75) is 581 Å². The minimum absolute atomic E-state index is 0.674. The minimum Gasteiger partial charge on any atom is -0.494 e. The second-order valence-corrected chi connectivity index (χ2v) is 38.7. The van der Waals surface area contributed by atoms with Gasteiger partial charge in [-0.25, -0.2) is 0 Å². The third-order valence-electron chi connectivity index (χ3n) is 26.5. The molecule has 6 heteroatoms. The Balaban J connectivity index is 2.00. The van der Waals surface area contributed by atoms with Crippen LogP contribution >= 0.6 is 0 Å². The van der Waals surface area contributed by atoms with Gasteiger partial charge in [0.2, 0.25) is 0 Å². The topological polar surface area (TPSA) is 55.4 Å². The van der Waals surface area contributed by atoms with Crippen molar-refractivity contribution >= 4 is 24.3 Å². The van der Waals surface area contributed by atoms with Gasteiger partial charge in [0.25, 0.3) is 0 Å². The van der Waals surface area contributed by atoms with Crippen LogP contribution in [0.15, 0.2) is 48.5 Å². The van der Waals surface area contributed by atoms with Gasteiger partial charge in [0, 0.05) is 22.3 Å². The second kappa shape index (κ2) is 92.2. The van der Waals surface area contributed by atoms with E-state index >= 15 is 0 Å². The highest BCUT2D eigenvalue weighted by atomic mass is 16.5. The molecule has 3 aromatic carbocycles. The normalized spacial score (nSPS) is 11.7. The van der Waals surface area contributed by atoms with E-state index in [1.807, 2.05) is 0 Å². The van der Waals surface area contributed by atoms with E-state index in [0.29, 0.717) is 26.4 Å². The number of hydrogen-bond donors (Lipinski definition) is 0. The maximum atomic E-state index is 7.12. The highest BCUT2D eigenvalue weighted by Gasteiger charge is 2.15. The van der Waals surface area contributed by atoms with Crippen LogP contribution in [0.5, 0.6) is 34.5 Å². The smallest absolute Gasteiger partial charge is 0.127 e. The van der Waals surface area contributed by atoms with Gasteiger partial charge in [0.05, 0.1) is 39.6 Å². The molecule has 0 aromatic heterocycles. The lowest BCUT2D eigenvalue weighted by Gasteiger charge is -2.16. The molecule has 0 saturated heterocycles. The average molecular weight is 1720 g/mol. The third-order valence-corrected chi connectivity index (χ3v) is 26.5. The maximum absolute atomic E-state index is 7.12. The van der Waals surface area contributed by atoms with E-state index in [1.54, 1.807) is 0 Å². The first-order valence-corrected chi connectivity index (χ1v) is 56.2. The summed E-state index contributed by atoms with van der Waals surface area (Å²) in [6.45, 7) is 18.1. The van der Waals surface area contributed by atoms with Gasteiger partial charge in [-0.05, 0) is 87.1 Å². The fourth-order valence-corrected chi connectivity index (χ4v) is 18.1. The Hall–Kier alpha value is -4.06. The zero-order chi connectivity index (χ0) is 88.1. The Morgan fingerprint density at radius 1 is 0.137 bits per heavy atom. The lowest BCUT2D eigenvalue weighted by molar-refractivity contribution is 0.295. The second-order valence-electron chi connectivity index (χ2n) is 38.7. The van der Waals surface area contributed by atoms with Crippen molar-refractivity contribution < 1.29 is 28.4 Å². The van der Waals surface area contributed by atoms with Gasteiger partial charge in [-0.2, -0.15) is 0 Å². The van der Waals surface area contributed by atoms with E-state index in [0.717, 1.165) is 108 Å². The molecule has 0 aliphatic carbocycles. The summed E-state index contributed by atoms with van der Waals surface area (Å²) in [5.41, 5.74) is 4.15. The van der Waals surface area contributed by atoms with Crippen LogP contribution in [0.2, 0.25) is 0 Å².